The second kappa shape index (κ2) is 7.03. The number of ether oxygens (including phenoxy) is 2. The Morgan fingerprint density at radius 1 is 1.29 bits per heavy atom. The molecule has 0 amide bonds. The first-order valence-corrected chi connectivity index (χ1v) is 6.44. The largest absolute Gasteiger partial charge is 0.493 e. The van der Waals surface area contributed by atoms with Gasteiger partial charge in [0.05, 0.1) is 25.2 Å². The molecule has 0 aliphatic rings. The molecule has 0 bridgehead atoms. The zero-order chi connectivity index (χ0) is 16.2. The van der Waals surface area contributed by atoms with Gasteiger partial charge in [-0.3, -0.25) is 14.9 Å². The number of carbonyl (C=O) groups is 1. The van der Waals surface area contributed by atoms with Crippen molar-refractivity contribution >= 4 is 11.5 Å². The van der Waals surface area contributed by atoms with Gasteiger partial charge in [-0.15, -0.1) is 0 Å². The van der Waals surface area contributed by atoms with Crippen molar-refractivity contribution in [3.05, 3.63) is 27.8 Å². The highest BCUT2D eigenvalue weighted by molar-refractivity contribution is 6.03. The van der Waals surface area contributed by atoms with E-state index in [1.165, 1.54) is 20.3 Å². The number of nitro groups is 1. The molecule has 0 saturated heterocycles. The number of ketones is 1. The van der Waals surface area contributed by atoms with Crippen LogP contribution in [0.25, 0.3) is 0 Å². The van der Waals surface area contributed by atoms with Gasteiger partial charge in [-0.1, -0.05) is 13.8 Å². The van der Waals surface area contributed by atoms with Gasteiger partial charge in [0.15, 0.2) is 17.3 Å². The lowest BCUT2D eigenvalue weighted by molar-refractivity contribution is -0.385. The molecular weight excluding hydrogens is 278 g/mol. The molecule has 0 heterocycles. The van der Waals surface area contributed by atoms with Gasteiger partial charge in [-0.2, -0.15) is 0 Å². The van der Waals surface area contributed by atoms with E-state index in [2.05, 4.69) is 0 Å². The molecule has 1 N–H and O–H groups in total. The van der Waals surface area contributed by atoms with Gasteiger partial charge in [0.25, 0.3) is 5.69 Å². The van der Waals surface area contributed by atoms with Crippen LogP contribution in [0.15, 0.2) is 12.1 Å². The normalized spacial score (nSPS) is 12.1. The first kappa shape index (κ1) is 16.9. The molecule has 0 spiro atoms. The van der Waals surface area contributed by atoms with Crippen molar-refractivity contribution in [2.45, 2.75) is 26.4 Å². The molecule has 1 unspecified atom stereocenters. The number of benzene rings is 1. The summed E-state index contributed by atoms with van der Waals surface area (Å²) in [6.07, 6.45) is -1.06. The van der Waals surface area contributed by atoms with Crippen molar-refractivity contribution in [1.82, 2.24) is 0 Å². The molecule has 0 aromatic heterocycles. The fourth-order valence-corrected chi connectivity index (χ4v) is 1.95. The Hall–Kier alpha value is -2.15. The molecule has 0 saturated carbocycles. The second-order valence-electron chi connectivity index (χ2n) is 4.99. The van der Waals surface area contributed by atoms with Gasteiger partial charge in [0.1, 0.15) is 11.7 Å². The van der Waals surface area contributed by atoms with Gasteiger partial charge < -0.3 is 14.6 Å². The van der Waals surface area contributed by atoms with Crippen molar-refractivity contribution in [1.29, 1.82) is 0 Å². The maximum Gasteiger partial charge on any atom is 0.284 e. The number of carbonyl (C=O) groups excluding carboxylic acids is 1. The van der Waals surface area contributed by atoms with Crippen LogP contribution >= 0.6 is 0 Å². The highest BCUT2D eigenvalue weighted by atomic mass is 16.6. The van der Waals surface area contributed by atoms with Gasteiger partial charge in [0, 0.05) is 6.07 Å². The predicted molar refractivity (Wildman–Crippen MR) is 76.0 cm³/mol. The average Bonchev–Trinajstić information content (AvgIpc) is 2.43. The summed E-state index contributed by atoms with van der Waals surface area (Å²) in [5.74, 6) is -0.262. The molecule has 0 radical (unpaired) electrons. The highest BCUT2D eigenvalue weighted by Gasteiger charge is 2.28. The molecule has 1 atom stereocenters. The number of aliphatic hydroxyl groups excluding tert-OH is 1. The molecule has 7 heteroatoms. The van der Waals surface area contributed by atoms with E-state index in [1.54, 1.807) is 0 Å². The van der Waals surface area contributed by atoms with E-state index in [1.807, 2.05) is 13.8 Å². The molecule has 1 aromatic carbocycles. The molecule has 21 heavy (non-hydrogen) atoms. The van der Waals surface area contributed by atoms with Crippen LogP contribution in [0.1, 0.15) is 30.6 Å². The third kappa shape index (κ3) is 3.91. The van der Waals surface area contributed by atoms with Gasteiger partial charge in [-0.05, 0) is 12.3 Å². The van der Waals surface area contributed by atoms with Crippen LogP contribution in [0.5, 0.6) is 11.5 Å². The molecule has 116 valence electrons. The highest BCUT2D eigenvalue weighted by Crippen LogP contribution is 2.35. The first-order chi connectivity index (χ1) is 9.81. The molecular formula is C14H19NO6. The number of Topliss-reactive ketones (excluding diaryl/α,β-unsaturated/α-hetero) is 1. The summed E-state index contributed by atoms with van der Waals surface area (Å²) < 4.78 is 10.0. The van der Waals surface area contributed by atoms with Crippen LogP contribution in [-0.2, 0) is 0 Å². The van der Waals surface area contributed by atoms with E-state index in [4.69, 9.17) is 9.47 Å². The zero-order valence-electron chi connectivity index (χ0n) is 12.5. The monoisotopic (exact) mass is 297 g/mol. The number of nitro benzene ring substituents is 1. The summed E-state index contributed by atoms with van der Waals surface area (Å²) in [5.41, 5.74) is -0.605. The minimum absolute atomic E-state index is 0.0863. The van der Waals surface area contributed by atoms with Crippen LogP contribution in [0, 0.1) is 16.0 Å². The smallest absolute Gasteiger partial charge is 0.284 e. The minimum atomic E-state index is -1.29. The number of hydrogen-bond acceptors (Lipinski definition) is 6. The molecule has 0 fully saturated rings. The van der Waals surface area contributed by atoms with Crippen molar-refractivity contribution in [2.24, 2.45) is 5.92 Å². The standard InChI is InChI=1S/C14H19NO6/c1-8(2)5-11(16)14(17)9-6-12(20-3)13(21-4)7-10(9)15(18)19/h6-8,11,16H,5H2,1-4H3. The molecule has 0 aliphatic heterocycles. The summed E-state index contributed by atoms with van der Waals surface area (Å²) in [5, 5.41) is 21.0. The molecule has 1 aromatic rings. The lowest BCUT2D eigenvalue weighted by atomic mass is 9.97. The lowest BCUT2D eigenvalue weighted by Crippen LogP contribution is -2.23. The van der Waals surface area contributed by atoms with Gasteiger partial charge in [0.2, 0.25) is 0 Å². The van der Waals surface area contributed by atoms with E-state index in [0.29, 0.717) is 0 Å². The fourth-order valence-electron chi connectivity index (χ4n) is 1.95. The fraction of sp³-hybridized carbons (Fsp3) is 0.500. The number of nitrogens with zero attached hydrogens (tertiary/aromatic N) is 1. The maximum atomic E-state index is 12.2. The molecule has 7 nitrogen and oxygen atoms in total. The van der Waals surface area contributed by atoms with Crippen LogP contribution < -0.4 is 9.47 Å². The number of aliphatic hydroxyl groups is 1. The summed E-state index contributed by atoms with van der Waals surface area (Å²) in [4.78, 5) is 22.7. The van der Waals surface area contributed by atoms with E-state index >= 15 is 0 Å². The van der Waals surface area contributed by atoms with Crippen LogP contribution in [0.4, 0.5) is 5.69 Å². The van der Waals surface area contributed by atoms with E-state index in [-0.39, 0.29) is 29.4 Å². The molecule has 0 aliphatic carbocycles. The number of rotatable bonds is 7. The Kier molecular flexibility index (Phi) is 5.66. The number of hydrogen-bond donors (Lipinski definition) is 1. The maximum absolute atomic E-state index is 12.2. The minimum Gasteiger partial charge on any atom is -0.493 e. The SMILES string of the molecule is COc1cc(C(=O)C(O)CC(C)C)c([N+](=O)[O-])cc1OC. The summed E-state index contributed by atoms with van der Waals surface area (Å²) >= 11 is 0. The average molecular weight is 297 g/mol. The van der Waals surface area contributed by atoms with Gasteiger partial charge >= 0.3 is 0 Å². The van der Waals surface area contributed by atoms with Crippen LogP contribution in [0.2, 0.25) is 0 Å². The summed E-state index contributed by atoms with van der Waals surface area (Å²) in [6.45, 7) is 3.69. The van der Waals surface area contributed by atoms with Crippen molar-refractivity contribution in [3.63, 3.8) is 0 Å². The van der Waals surface area contributed by atoms with Gasteiger partial charge in [-0.25, -0.2) is 0 Å². The summed E-state index contributed by atoms with van der Waals surface area (Å²) in [6, 6.07) is 2.34. The predicted octanol–water partition coefficient (Wildman–Crippen LogP) is 2.20. The van der Waals surface area contributed by atoms with Crippen LogP contribution in [0.3, 0.4) is 0 Å². The van der Waals surface area contributed by atoms with E-state index in [0.717, 1.165) is 6.07 Å². The zero-order valence-corrected chi connectivity index (χ0v) is 12.5. The van der Waals surface area contributed by atoms with Crippen LogP contribution in [-0.4, -0.2) is 36.1 Å². The Labute approximate surface area is 122 Å². The lowest BCUT2D eigenvalue weighted by Gasteiger charge is -2.14. The summed E-state index contributed by atoms with van der Waals surface area (Å²) in [7, 11) is 2.71. The Morgan fingerprint density at radius 2 is 1.81 bits per heavy atom. The Bertz CT molecular complexity index is 541. The molecule has 1 rings (SSSR count). The quantitative estimate of drug-likeness (QED) is 0.470. The third-order valence-corrected chi connectivity index (χ3v) is 2.96. The Morgan fingerprint density at radius 3 is 2.24 bits per heavy atom. The second-order valence-corrected chi connectivity index (χ2v) is 4.99. The van der Waals surface area contributed by atoms with E-state index in [9.17, 15) is 20.0 Å². The Balaban J connectivity index is 3.32. The third-order valence-electron chi connectivity index (χ3n) is 2.96. The topological polar surface area (TPSA) is 98.9 Å². The van der Waals surface area contributed by atoms with Crippen molar-refractivity contribution in [2.75, 3.05) is 14.2 Å². The number of methoxy groups -OCH3 is 2. The van der Waals surface area contributed by atoms with Crippen molar-refractivity contribution in [3.8, 4) is 11.5 Å². The van der Waals surface area contributed by atoms with Crippen molar-refractivity contribution < 1.29 is 24.3 Å². The van der Waals surface area contributed by atoms with E-state index < -0.39 is 22.5 Å². The first-order valence-electron chi connectivity index (χ1n) is 6.44.